The molecule has 0 radical (unpaired) electrons. The van der Waals surface area contributed by atoms with Crippen LogP contribution in [0.15, 0.2) is 24.3 Å². The first-order chi connectivity index (χ1) is 9.42. The molecule has 0 saturated carbocycles. The Bertz CT molecular complexity index is 455. The van der Waals surface area contributed by atoms with Crippen molar-refractivity contribution >= 4 is 11.6 Å². The maximum atomic E-state index is 11.9. The first-order valence-corrected chi connectivity index (χ1v) is 5.80. The highest BCUT2D eigenvalue weighted by molar-refractivity contribution is 5.95. The molecule has 0 spiro atoms. The fraction of sp³-hybridized carbons (Fsp3) is 0.417. The molecule has 0 aliphatic heterocycles. The fourth-order valence-corrected chi connectivity index (χ4v) is 1.49. The Morgan fingerprint density at radius 1 is 1.40 bits per heavy atom. The van der Waals surface area contributed by atoms with Crippen LogP contribution in [0.5, 0.6) is 5.75 Å². The van der Waals surface area contributed by atoms with Crippen molar-refractivity contribution in [3.05, 3.63) is 24.3 Å². The first kappa shape index (κ1) is 16.3. The van der Waals surface area contributed by atoms with Crippen molar-refractivity contribution in [1.29, 1.82) is 0 Å². The summed E-state index contributed by atoms with van der Waals surface area (Å²) in [5.74, 6) is 4.98. The van der Waals surface area contributed by atoms with Crippen molar-refractivity contribution < 1.29 is 30.0 Å². The van der Waals surface area contributed by atoms with E-state index in [1.54, 1.807) is 12.1 Å². The van der Waals surface area contributed by atoms with Gasteiger partial charge in [-0.1, -0.05) is 6.07 Å². The standard InChI is InChI=1S/C12H18N2O6/c1-20-8-4-2-3-7(5-8)14(13)12(19)11(18)10(17)9(16)6-15/h2-5,9-11,15-18H,6,13H2,1H3/t9-,10+,11+/m1/s1. The number of aliphatic hydroxyl groups is 4. The number of nitrogens with zero attached hydrogens (tertiary/aromatic N) is 1. The minimum atomic E-state index is -1.96. The highest BCUT2D eigenvalue weighted by atomic mass is 16.5. The van der Waals surface area contributed by atoms with Crippen LogP contribution >= 0.6 is 0 Å². The van der Waals surface area contributed by atoms with Crippen LogP contribution in [0.25, 0.3) is 0 Å². The van der Waals surface area contributed by atoms with Gasteiger partial charge in [0.2, 0.25) is 0 Å². The minimum Gasteiger partial charge on any atom is -0.497 e. The van der Waals surface area contributed by atoms with E-state index >= 15 is 0 Å². The summed E-state index contributed by atoms with van der Waals surface area (Å²) < 4.78 is 4.97. The van der Waals surface area contributed by atoms with Gasteiger partial charge in [-0.05, 0) is 12.1 Å². The average molecular weight is 286 g/mol. The molecule has 112 valence electrons. The SMILES string of the molecule is COc1cccc(N(N)C(=O)[C@@H](O)[C@@H](O)[C@H](O)CO)c1. The summed E-state index contributed by atoms with van der Waals surface area (Å²) in [4.78, 5) is 11.9. The summed E-state index contributed by atoms with van der Waals surface area (Å²) in [6.07, 6.45) is -5.45. The number of aliphatic hydroxyl groups excluding tert-OH is 4. The Morgan fingerprint density at radius 2 is 2.05 bits per heavy atom. The Kier molecular flexibility index (Phi) is 5.86. The molecule has 8 nitrogen and oxygen atoms in total. The van der Waals surface area contributed by atoms with Gasteiger partial charge in [-0.25, -0.2) is 10.9 Å². The molecule has 1 amide bonds. The number of rotatable bonds is 6. The second-order valence-electron chi connectivity index (χ2n) is 4.10. The second-order valence-corrected chi connectivity index (χ2v) is 4.10. The summed E-state index contributed by atoms with van der Waals surface area (Å²) in [6.45, 7) is -0.796. The lowest BCUT2D eigenvalue weighted by Crippen LogP contribution is -2.52. The summed E-state index contributed by atoms with van der Waals surface area (Å²) in [5, 5.41) is 37.6. The first-order valence-electron chi connectivity index (χ1n) is 5.80. The minimum absolute atomic E-state index is 0.235. The van der Waals surface area contributed by atoms with Crippen molar-refractivity contribution in [2.24, 2.45) is 5.84 Å². The number of carbonyl (C=O) groups excluding carboxylic acids is 1. The fourth-order valence-electron chi connectivity index (χ4n) is 1.49. The number of hydrogen-bond donors (Lipinski definition) is 5. The molecule has 1 aromatic rings. The maximum Gasteiger partial charge on any atom is 0.272 e. The number of amides is 1. The lowest BCUT2D eigenvalue weighted by molar-refractivity contribution is -0.139. The lowest BCUT2D eigenvalue weighted by atomic mass is 10.1. The molecule has 20 heavy (non-hydrogen) atoms. The van der Waals surface area contributed by atoms with Crippen LogP contribution in [0, 0.1) is 0 Å². The predicted molar refractivity (Wildman–Crippen MR) is 69.8 cm³/mol. The third-order valence-corrected chi connectivity index (χ3v) is 2.73. The van der Waals surface area contributed by atoms with Crippen LogP contribution in [-0.2, 0) is 4.79 Å². The van der Waals surface area contributed by atoms with E-state index in [0.717, 1.165) is 0 Å². The monoisotopic (exact) mass is 286 g/mol. The van der Waals surface area contributed by atoms with E-state index in [-0.39, 0.29) is 5.69 Å². The van der Waals surface area contributed by atoms with Gasteiger partial charge in [0.15, 0.2) is 6.10 Å². The van der Waals surface area contributed by atoms with Gasteiger partial charge in [0, 0.05) is 6.07 Å². The summed E-state index contributed by atoms with van der Waals surface area (Å²) in [7, 11) is 1.44. The highest BCUT2D eigenvalue weighted by Crippen LogP contribution is 2.20. The second kappa shape index (κ2) is 7.17. The highest BCUT2D eigenvalue weighted by Gasteiger charge is 2.32. The molecule has 1 rings (SSSR count). The number of methoxy groups -OCH3 is 1. The molecule has 0 unspecified atom stereocenters. The number of nitrogens with two attached hydrogens (primary N) is 1. The number of ether oxygens (including phenoxy) is 1. The molecule has 0 aliphatic carbocycles. The lowest BCUT2D eigenvalue weighted by Gasteiger charge is -2.25. The molecule has 3 atom stereocenters. The van der Waals surface area contributed by atoms with Crippen LogP contribution in [0.2, 0.25) is 0 Å². The Labute approximate surface area is 115 Å². The molecule has 0 fully saturated rings. The van der Waals surface area contributed by atoms with Gasteiger partial charge in [-0.15, -0.1) is 0 Å². The smallest absolute Gasteiger partial charge is 0.272 e. The van der Waals surface area contributed by atoms with Crippen LogP contribution < -0.4 is 15.6 Å². The molecule has 6 N–H and O–H groups in total. The van der Waals surface area contributed by atoms with Crippen LogP contribution in [-0.4, -0.2) is 58.4 Å². The molecule has 0 saturated heterocycles. The molecule has 1 aromatic carbocycles. The average Bonchev–Trinajstić information content (AvgIpc) is 2.51. The molecule has 8 heteroatoms. The van der Waals surface area contributed by atoms with Crippen LogP contribution in [0.1, 0.15) is 0 Å². The van der Waals surface area contributed by atoms with E-state index in [2.05, 4.69) is 0 Å². The van der Waals surface area contributed by atoms with Gasteiger partial charge in [-0.3, -0.25) is 4.79 Å². The zero-order chi connectivity index (χ0) is 15.3. The Morgan fingerprint density at radius 3 is 2.60 bits per heavy atom. The zero-order valence-corrected chi connectivity index (χ0v) is 10.9. The third kappa shape index (κ3) is 3.65. The van der Waals surface area contributed by atoms with E-state index in [1.807, 2.05) is 0 Å². The number of hydrazine groups is 1. The van der Waals surface area contributed by atoms with Crippen molar-refractivity contribution in [1.82, 2.24) is 0 Å². The molecular formula is C12H18N2O6. The van der Waals surface area contributed by atoms with E-state index in [1.165, 1.54) is 19.2 Å². The number of carbonyl (C=O) groups is 1. The van der Waals surface area contributed by atoms with Gasteiger partial charge in [0.25, 0.3) is 5.91 Å². The van der Waals surface area contributed by atoms with Crippen molar-refractivity contribution in [3.8, 4) is 5.75 Å². The van der Waals surface area contributed by atoms with E-state index in [0.29, 0.717) is 10.8 Å². The van der Waals surface area contributed by atoms with Gasteiger partial charge >= 0.3 is 0 Å². The topological polar surface area (TPSA) is 136 Å². The third-order valence-electron chi connectivity index (χ3n) is 2.73. The largest absolute Gasteiger partial charge is 0.497 e. The summed E-state index contributed by atoms with van der Waals surface area (Å²) >= 11 is 0. The summed E-state index contributed by atoms with van der Waals surface area (Å²) in [6, 6.07) is 6.19. The van der Waals surface area contributed by atoms with Crippen LogP contribution in [0.3, 0.4) is 0 Å². The number of hydrogen-bond acceptors (Lipinski definition) is 7. The quantitative estimate of drug-likeness (QED) is 0.231. The van der Waals surface area contributed by atoms with Gasteiger partial charge < -0.3 is 25.2 Å². The van der Waals surface area contributed by atoms with Gasteiger partial charge in [0.1, 0.15) is 18.0 Å². The molecular weight excluding hydrogens is 268 g/mol. The van der Waals surface area contributed by atoms with Crippen molar-refractivity contribution in [3.63, 3.8) is 0 Å². The van der Waals surface area contributed by atoms with E-state index in [4.69, 9.17) is 15.7 Å². The Balaban J connectivity index is 2.84. The summed E-state index contributed by atoms with van der Waals surface area (Å²) in [5.41, 5.74) is 0.235. The Hall–Kier alpha value is -1.71. The van der Waals surface area contributed by atoms with E-state index in [9.17, 15) is 20.1 Å². The zero-order valence-electron chi connectivity index (χ0n) is 10.9. The van der Waals surface area contributed by atoms with Gasteiger partial charge in [0.05, 0.1) is 19.4 Å². The predicted octanol–water partition coefficient (Wildman–Crippen LogP) is -2.02. The molecule has 0 bridgehead atoms. The molecule has 0 aliphatic rings. The number of benzene rings is 1. The molecule has 0 aromatic heterocycles. The van der Waals surface area contributed by atoms with E-state index < -0.39 is 30.8 Å². The normalized spacial score (nSPS) is 15.3. The molecule has 0 heterocycles. The maximum absolute atomic E-state index is 11.9. The van der Waals surface area contributed by atoms with Crippen molar-refractivity contribution in [2.75, 3.05) is 18.7 Å². The van der Waals surface area contributed by atoms with Gasteiger partial charge in [-0.2, -0.15) is 0 Å². The number of anilines is 1. The van der Waals surface area contributed by atoms with Crippen molar-refractivity contribution in [2.45, 2.75) is 18.3 Å². The van der Waals surface area contributed by atoms with Crippen LogP contribution in [0.4, 0.5) is 5.69 Å².